The number of aliphatic hydroxyl groups is 1. The van der Waals surface area contributed by atoms with E-state index in [-0.39, 0.29) is 6.42 Å². The summed E-state index contributed by atoms with van der Waals surface area (Å²) < 4.78 is 0. The molecule has 0 aliphatic carbocycles. The van der Waals surface area contributed by atoms with Gasteiger partial charge in [0.05, 0.1) is 12.0 Å². The summed E-state index contributed by atoms with van der Waals surface area (Å²) in [6.45, 7) is 5.44. The fourth-order valence-corrected chi connectivity index (χ4v) is 1.47. The largest absolute Gasteiger partial charge is 0.481 e. The monoisotopic (exact) mass is 208 g/mol. The van der Waals surface area contributed by atoms with Crippen molar-refractivity contribution in [1.29, 1.82) is 0 Å². The van der Waals surface area contributed by atoms with E-state index in [0.29, 0.717) is 5.56 Å². The van der Waals surface area contributed by atoms with Gasteiger partial charge in [0, 0.05) is 0 Å². The summed E-state index contributed by atoms with van der Waals surface area (Å²) in [5.41, 5.74) is 1.53. The van der Waals surface area contributed by atoms with Gasteiger partial charge in [-0.05, 0) is 37.5 Å². The van der Waals surface area contributed by atoms with Crippen LogP contribution in [0, 0.1) is 13.8 Å². The highest BCUT2D eigenvalue weighted by Gasteiger charge is 2.26. The number of carbonyl (C=O) groups is 1. The SMILES string of the molecule is Cc1ccc(C(C)(O)CC(=O)O)cc1C. The molecule has 0 fully saturated rings. The van der Waals surface area contributed by atoms with Gasteiger partial charge in [0.25, 0.3) is 0 Å². The maximum absolute atomic E-state index is 10.6. The van der Waals surface area contributed by atoms with Gasteiger partial charge in [-0.15, -0.1) is 0 Å². The third kappa shape index (κ3) is 2.80. The van der Waals surface area contributed by atoms with E-state index in [1.54, 1.807) is 6.07 Å². The molecule has 0 amide bonds. The molecular formula is C12H16O3. The molecule has 1 atom stereocenters. The van der Waals surface area contributed by atoms with E-state index in [9.17, 15) is 9.90 Å². The molecule has 0 aromatic heterocycles. The van der Waals surface area contributed by atoms with E-state index < -0.39 is 11.6 Å². The third-order valence-corrected chi connectivity index (χ3v) is 2.62. The van der Waals surface area contributed by atoms with E-state index in [0.717, 1.165) is 11.1 Å². The summed E-state index contributed by atoms with van der Waals surface area (Å²) in [5.74, 6) is -1.00. The molecule has 0 aliphatic rings. The Balaban J connectivity index is 3.04. The van der Waals surface area contributed by atoms with Crippen LogP contribution in [0.1, 0.15) is 30.0 Å². The lowest BCUT2D eigenvalue weighted by molar-refractivity contribution is -0.142. The minimum atomic E-state index is -1.30. The Hall–Kier alpha value is -1.35. The first-order valence-electron chi connectivity index (χ1n) is 4.85. The van der Waals surface area contributed by atoms with Gasteiger partial charge < -0.3 is 10.2 Å². The van der Waals surface area contributed by atoms with Gasteiger partial charge in [-0.25, -0.2) is 0 Å². The molecule has 1 aromatic rings. The van der Waals surface area contributed by atoms with Crippen LogP contribution in [-0.4, -0.2) is 16.2 Å². The highest BCUT2D eigenvalue weighted by molar-refractivity contribution is 5.68. The highest BCUT2D eigenvalue weighted by Crippen LogP contribution is 2.26. The molecule has 0 radical (unpaired) electrons. The fraction of sp³-hybridized carbons (Fsp3) is 0.417. The molecule has 0 aliphatic heterocycles. The first-order valence-corrected chi connectivity index (χ1v) is 4.85. The molecule has 0 heterocycles. The number of aliphatic carboxylic acids is 1. The van der Waals surface area contributed by atoms with Crippen molar-refractivity contribution in [2.75, 3.05) is 0 Å². The summed E-state index contributed by atoms with van der Waals surface area (Å²) >= 11 is 0. The van der Waals surface area contributed by atoms with Crippen molar-refractivity contribution in [3.63, 3.8) is 0 Å². The van der Waals surface area contributed by atoms with Crippen molar-refractivity contribution in [2.24, 2.45) is 0 Å². The Morgan fingerprint density at radius 2 is 1.93 bits per heavy atom. The zero-order valence-electron chi connectivity index (χ0n) is 9.24. The molecule has 1 unspecified atom stereocenters. The van der Waals surface area contributed by atoms with Crippen LogP contribution in [0.5, 0.6) is 0 Å². The normalized spacial score (nSPS) is 14.7. The Labute approximate surface area is 89.4 Å². The quantitative estimate of drug-likeness (QED) is 0.798. The molecule has 1 rings (SSSR count). The number of carboxylic acid groups (broad SMARTS) is 1. The molecule has 3 nitrogen and oxygen atoms in total. The van der Waals surface area contributed by atoms with Crippen molar-refractivity contribution >= 4 is 5.97 Å². The lowest BCUT2D eigenvalue weighted by Crippen LogP contribution is -2.25. The number of carboxylic acids is 1. The van der Waals surface area contributed by atoms with Crippen molar-refractivity contribution < 1.29 is 15.0 Å². The molecule has 15 heavy (non-hydrogen) atoms. The zero-order chi connectivity index (χ0) is 11.6. The van der Waals surface area contributed by atoms with Crippen LogP contribution in [0.2, 0.25) is 0 Å². The van der Waals surface area contributed by atoms with Gasteiger partial charge in [-0.1, -0.05) is 18.2 Å². The molecule has 1 aromatic carbocycles. The van der Waals surface area contributed by atoms with Crippen molar-refractivity contribution in [3.8, 4) is 0 Å². The summed E-state index contributed by atoms with van der Waals surface area (Å²) in [6, 6.07) is 5.49. The first kappa shape index (κ1) is 11.7. The Morgan fingerprint density at radius 1 is 1.33 bits per heavy atom. The molecule has 82 valence electrons. The van der Waals surface area contributed by atoms with Crippen LogP contribution in [-0.2, 0) is 10.4 Å². The van der Waals surface area contributed by atoms with Crippen molar-refractivity contribution in [1.82, 2.24) is 0 Å². The van der Waals surface area contributed by atoms with Crippen LogP contribution in [0.3, 0.4) is 0 Å². The summed E-state index contributed by atoms with van der Waals surface area (Å²) in [7, 11) is 0. The fourth-order valence-electron chi connectivity index (χ4n) is 1.47. The highest BCUT2D eigenvalue weighted by atomic mass is 16.4. The lowest BCUT2D eigenvalue weighted by atomic mass is 9.90. The van der Waals surface area contributed by atoms with Crippen molar-refractivity contribution in [3.05, 3.63) is 34.9 Å². The molecule has 0 saturated carbocycles. The van der Waals surface area contributed by atoms with Gasteiger partial charge in [0.15, 0.2) is 0 Å². The van der Waals surface area contributed by atoms with E-state index in [1.165, 1.54) is 6.92 Å². The second kappa shape index (κ2) is 4.03. The summed E-state index contributed by atoms with van der Waals surface area (Å²) in [6.07, 6.45) is -0.282. The van der Waals surface area contributed by atoms with Gasteiger partial charge in [-0.3, -0.25) is 4.79 Å². The van der Waals surface area contributed by atoms with Gasteiger partial charge in [0.2, 0.25) is 0 Å². The summed E-state index contributed by atoms with van der Waals surface area (Å²) in [5, 5.41) is 18.7. The Kier molecular flexibility index (Phi) is 3.15. The molecular weight excluding hydrogens is 192 g/mol. The molecule has 2 N–H and O–H groups in total. The maximum Gasteiger partial charge on any atom is 0.306 e. The smallest absolute Gasteiger partial charge is 0.306 e. The van der Waals surface area contributed by atoms with Crippen molar-refractivity contribution in [2.45, 2.75) is 32.8 Å². The first-order chi connectivity index (χ1) is 6.83. The predicted octanol–water partition coefficient (Wildman–Crippen LogP) is 1.99. The van der Waals surface area contributed by atoms with Crippen LogP contribution < -0.4 is 0 Å². The second-order valence-electron chi connectivity index (χ2n) is 4.14. The van der Waals surface area contributed by atoms with E-state index in [4.69, 9.17) is 5.11 Å². The Bertz CT molecular complexity index is 380. The minimum absolute atomic E-state index is 0.282. The van der Waals surface area contributed by atoms with E-state index in [1.807, 2.05) is 26.0 Å². The van der Waals surface area contributed by atoms with Gasteiger partial charge in [0.1, 0.15) is 0 Å². The van der Waals surface area contributed by atoms with Gasteiger partial charge >= 0.3 is 5.97 Å². The predicted molar refractivity (Wildman–Crippen MR) is 57.7 cm³/mol. The number of hydrogen-bond donors (Lipinski definition) is 2. The topological polar surface area (TPSA) is 57.5 Å². The molecule has 3 heteroatoms. The number of benzene rings is 1. The summed E-state index contributed by atoms with van der Waals surface area (Å²) in [4.78, 5) is 10.6. The molecule has 0 saturated heterocycles. The number of rotatable bonds is 3. The average molecular weight is 208 g/mol. The zero-order valence-corrected chi connectivity index (χ0v) is 9.24. The standard InChI is InChI=1S/C12H16O3/c1-8-4-5-10(6-9(8)2)12(3,15)7-11(13)14/h4-6,15H,7H2,1-3H3,(H,13,14). The molecule has 0 bridgehead atoms. The van der Waals surface area contributed by atoms with Crippen LogP contribution in [0.15, 0.2) is 18.2 Å². The lowest BCUT2D eigenvalue weighted by Gasteiger charge is -2.22. The van der Waals surface area contributed by atoms with Crippen LogP contribution in [0.25, 0.3) is 0 Å². The minimum Gasteiger partial charge on any atom is -0.481 e. The number of aryl methyl sites for hydroxylation is 2. The van der Waals surface area contributed by atoms with Crippen LogP contribution in [0.4, 0.5) is 0 Å². The maximum atomic E-state index is 10.6. The average Bonchev–Trinajstić information content (AvgIpc) is 2.07. The van der Waals surface area contributed by atoms with E-state index in [2.05, 4.69) is 0 Å². The van der Waals surface area contributed by atoms with Gasteiger partial charge in [-0.2, -0.15) is 0 Å². The van der Waals surface area contributed by atoms with Crippen LogP contribution >= 0.6 is 0 Å². The number of hydrogen-bond acceptors (Lipinski definition) is 2. The second-order valence-corrected chi connectivity index (χ2v) is 4.14. The molecule has 0 spiro atoms. The third-order valence-electron chi connectivity index (χ3n) is 2.62. The van der Waals surface area contributed by atoms with E-state index >= 15 is 0 Å². The Morgan fingerprint density at radius 3 is 2.40 bits per heavy atom.